The fourth-order valence-electron chi connectivity index (χ4n) is 17.2. The largest absolute Gasteiger partial charge is 0.390 e. The van der Waals surface area contributed by atoms with Crippen molar-refractivity contribution in [3.63, 3.8) is 0 Å². The van der Waals surface area contributed by atoms with Crippen LogP contribution >= 0.6 is 15.9 Å². The van der Waals surface area contributed by atoms with Gasteiger partial charge in [0.05, 0.1) is 35.5 Å². The first-order valence-electron chi connectivity index (χ1n) is 24.7. The SMILES string of the molecule is C.C[C@@]1(O)CC[C@@]2(C)[C@H](CC[C@@H]3[C@@H]2CC[C@]2(C)[C@@H](C(=O)CBr)CC[C@@H]32)C1.Cc1cn[nH]c1.Cc1cnn(CC(=O)[C@H]2CC[C@H]3[C@@H]4CC[C@@H]5C[C@](C)(O)CC[C@]5(C)[C@H]4CC[C@]23C)c1. The highest BCUT2D eigenvalue weighted by Crippen LogP contribution is 2.70. The van der Waals surface area contributed by atoms with Crippen LogP contribution in [0.3, 0.4) is 0 Å². The van der Waals surface area contributed by atoms with Crippen LogP contribution in [0, 0.1) is 94.7 Å². The standard InChI is InChI=1S/C26H40N2O2.C22H35BrO2.C4H6N2.CH4/c1-17-14-27-28(15-17)16-23(29)22-8-7-20-19-6-5-18-13-24(2,30)11-12-25(18,3)21(19)9-10-26(20,22)4;1-20(25)10-11-21(2)14(12-20)4-5-15-16-6-7-18(19(24)13-23)22(16,3)9-8-17(15)21;1-4-2-5-6-3-4;/h14-15,18-22,30H,5-13,16H2,1-4H3;14-18,25H,4-13H2,1-3H3;2-3H,1H3,(H,5,6);1H4/t18-,19+,20+,21+,22-,24-,25+,26+;14-,15+,16+,17+,18-,20-,21+,22+;;/m11../s1. The number of hydrogen-bond donors (Lipinski definition) is 3. The van der Waals surface area contributed by atoms with Gasteiger partial charge in [-0.1, -0.05) is 51.1 Å². The van der Waals surface area contributed by atoms with Crippen molar-refractivity contribution < 1.29 is 19.8 Å². The summed E-state index contributed by atoms with van der Waals surface area (Å²) in [5, 5.41) is 32.6. The molecule has 8 aliphatic rings. The van der Waals surface area contributed by atoms with Gasteiger partial charge in [-0.2, -0.15) is 10.2 Å². The van der Waals surface area contributed by atoms with Crippen LogP contribution in [-0.4, -0.2) is 58.3 Å². The minimum atomic E-state index is -0.462. The summed E-state index contributed by atoms with van der Waals surface area (Å²) >= 11 is 3.43. The Balaban J connectivity index is 0.000000164. The number of H-pyrrole nitrogens is 1. The molecule has 0 aliphatic heterocycles. The second-order valence-electron chi connectivity index (χ2n) is 24.1. The third-order valence-corrected chi connectivity index (χ3v) is 21.1. The Morgan fingerprint density at radius 2 is 1.13 bits per heavy atom. The normalized spacial score (nSPS) is 46.3. The van der Waals surface area contributed by atoms with Crippen LogP contribution < -0.4 is 0 Å². The zero-order chi connectivity index (χ0) is 43.8. The summed E-state index contributed by atoms with van der Waals surface area (Å²) in [5.74, 6) is 7.34. The lowest BCUT2D eigenvalue weighted by molar-refractivity contribution is -0.151. The number of Topliss-reactive ketones (excluding diaryl/α,β-unsaturated/α-hetero) is 2. The highest BCUT2D eigenvalue weighted by Gasteiger charge is 2.63. The molecule has 8 fully saturated rings. The molecule has 2 aromatic heterocycles. The van der Waals surface area contributed by atoms with Gasteiger partial charge < -0.3 is 10.2 Å². The van der Waals surface area contributed by atoms with Crippen molar-refractivity contribution in [2.75, 3.05) is 5.33 Å². The number of nitrogens with one attached hydrogen (secondary N) is 1. The molecule has 8 saturated carbocycles. The molecule has 0 unspecified atom stereocenters. The van der Waals surface area contributed by atoms with E-state index in [9.17, 15) is 19.8 Å². The molecule has 16 atom stereocenters. The Kier molecular flexibility index (Phi) is 13.8. The van der Waals surface area contributed by atoms with Crippen LogP contribution in [0.4, 0.5) is 0 Å². The van der Waals surface area contributed by atoms with Crippen molar-refractivity contribution in [3.05, 3.63) is 35.9 Å². The summed E-state index contributed by atoms with van der Waals surface area (Å²) in [6.07, 6.45) is 28.6. The lowest BCUT2D eigenvalue weighted by atomic mass is 9.44. The molecule has 0 bridgehead atoms. The predicted octanol–water partition coefficient (Wildman–Crippen LogP) is 11.9. The van der Waals surface area contributed by atoms with E-state index in [1.807, 2.05) is 51.0 Å². The van der Waals surface area contributed by atoms with E-state index in [0.29, 0.717) is 52.0 Å². The van der Waals surface area contributed by atoms with Crippen LogP contribution in [0.1, 0.15) is 176 Å². The Morgan fingerprint density at radius 3 is 1.53 bits per heavy atom. The Bertz CT molecular complexity index is 1870. The lowest BCUT2D eigenvalue weighted by Gasteiger charge is -2.61. The molecule has 8 nitrogen and oxygen atoms in total. The minimum Gasteiger partial charge on any atom is -0.390 e. The summed E-state index contributed by atoms with van der Waals surface area (Å²) in [6, 6.07) is 0. The maximum Gasteiger partial charge on any atom is 0.157 e. The lowest BCUT2D eigenvalue weighted by Crippen LogP contribution is -2.55. The van der Waals surface area contributed by atoms with Gasteiger partial charge in [-0.3, -0.25) is 19.4 Å². The first-order chi connectivity index (χ1) is 28.7. The van der Waals surface area contributed by atoms with E-state index in [-0.39, 0.29) is 30.1 Å². The Hall–Kier alpha value is -1.84. The number of nitrogens with zero attached hydrogens (tertiary/aromatic N) is 3. The maximum atomic E-state index is 13.3. The number of halogens is 1. The number of carbonyl (C=O) groups is 2. The number of carbonyl (C=O) groups excluding carboxylic acids is 2. The maximum absolute atomic E-state index is 13.3. The van der Waals surface area contributed by atoms with Crippen LogP contribution in [0.25, 0.3) is 0 Å². The van der Waals surface area contributed by atoms with Crippen molar-refractivity contribution in [2.24, 2.45) is 80.8 Å². The topological polar surface area (TPSA) is 121 Å². The third-order valence-electron chi connectivity index (χ3n) is 20.5. The van der Waals surface area contributed by atoms with Gasteiger partial charge in [0.25, 0.3) is 0 Å². The molecular weight excluding hydrogens is 837 g/mol. The van der Waals surface area contributed by atoms with Gasteiger partial charge in [-0.25, -0.2) is 0 Å². The molecule has 9 heteroatoms. The van der Waals surface area contributed by atoms with E-state index in [1.54, 1.807) is 6.20 Å². The average Bonchev–Trinajstić information content (AvgIpc) is 4.01. The van der Waals surface area contributed by atoms with Crippen molar-refractivity contribution in [1.82, 2.24) is 20.0 Å². The predicted molar refractivity (Wildman–Crippen MR) is 253 cm³/mol. The molecule has 62 heavy (non-hydrogen) atoms. The second-order valence-corrected chi connectivity index (χ2v) is 24.7. The molecule has 8 aliphatic carbocycles. The van der Waals surface area contributed by atoms with Crippen molar-refractivity contribution in [1.29, 1.82) is 0 Å². The number of aryl methyl sites for hydroxylation is 2. The van der Waals surface area contributed by atoms with E-state index in [2.05, 4.69) is 58.9 Å². The monoisotopic (exact) mass is 921 g/mol. The average molecular weight is 922 g/mol. The van der Waals surface area contributed by atoms with Gasteiger partial charge in [-0.15, -0.1) is 0 Å². The van der Waals surface area contributed by atoms with Crippen LogP contribution in [0.5, 0.6) is 0 Å². The molecule has 10 rings (SSSR count). The van der Waals surface area contributed by atoms with E-state index in [0.717, 1.165) is 73.7 Å². The Morgan fingerprint density at radius 1 is 0.645 bits per heavy atom. The smallest absolute Gasteiger partial charge is 0.157 e. The molecule has 0 radical (unpaired) electrons. The molecule has 0 saturated heterocycles. The highest BCUT2D eigenvalue weighted by atomic mass is 79.9. The van der Waals surface area contributed by atoms with Gasteiger partial charge >= 0.3 is 0 Å². The Labute approximate surface area is 383 Å². The van der Waals surface area contributed by atoms with Crippen molar-refractivity contribution in [3.8, 4) is 0 Å². The van der Waals surface area contributed by atoms with Crippen molar-refractivity contribution in [2.45, 2.75) is 196 Å². The number of hydrogen-bond acceptors (Lipinski definition) is 6. The quantitative estimate of drug-likeness (QED) is 0.257. The highest BCUT2D eigenvalue weighted by molar-refractivity contribution is 9.09. The van der Waals surface area contributed by atoms with Crippen LogP contribution in [0.15, 0.2) is 24.8 Å². The number of alkyl halides is 1. The molecule has 2 aromatic rings. The molecule has 0 aromatic carbocycles. The van der Waals surface area contributed by atoms with Crippen LogP contribution in [0.2, 0.25) is 0 Å². The zero-order valence-electron chi connectivity index (χ0n) is 39.2. The van der Waals surface area contributed by atoms with E-state index in [1.165, 1.54) is 82.6 Å². The van der Waals surface area contributed by atoms with Gasteiger partial charge in [0.2, 0.25) is 0 Å². The second kappa shape index (κ2) is 17.8. The first-order valence-corrected chi connectivity index (χ1v) is 25.9. The number of aromatic amines is 1. The first kappa shape index (κ1) is 48.1. The third kappa shape index (κ3) is 8.66. The molecule has 0 amide bonds. The molecular formula is C53H85BrN4O4. The summed E-state index contributed by atoms with van der Waals surface area (Å²) < 4.78 is 1.83. The molecule has 348 valence electrons. The number of ketones is 2. The molecule has 2 heterocycles. The van der Waals surface area contributed by atoms with Gasteiger partial charge in [0.15, 0.2) is 5.78 Å². The number of aliphatic hydroxyl groups is 2. The van der Waals surface area contributed by atoms with Crippen LogP contribution in [-0.2, 0) is 16.1 Å². The fraction of sp³-hybridized carbons (Fsp3) is 0.849. The summed E-state index contributed by atoms with van der Waals surface area (Å²) in [6.45, 7) is 18.5. The fourth-order valence-corrected chi connectivity index (χ4v) is 17.5. The summed E-state index contributed by atoms with van der Waals surface area (Å²) in [7, 11) is 0. The molecule has 0 spiro atoms. The number of rotatable bonds is 5. The summed E-state index contributed by atoms with van der Waals surface area (Å²) in [5.41, 5.74) is 2.62. The van der Waals surface area contributed by atoms with Gasteiger partial charge in [0.1, 0.15) is 5.78 Å². The number of aromatic nitrogens is 4. The van der Waals surface area contributed by atoms with E-state index in [4.69, 9.17) is 0 Å². The zero-order valence-corrected chi connectivity index (χ0v) is 40.7. The molecule has 3 N–H and O–H groups in total. The van der Waals surface area contributed by atoms with Gasteiger partial charge in [0, 0.05) is 24.2 Å². The van der Waals surface area contributed by atoms with E-state index >= 15 is 0 Å². The van der Waals surface area contributed by atoms with Gasteiger partial charge in [-0.05, 0) is 223 Å². The van der Waals surface area contributed by atoms with E-state index < -0.39 is 11.2 Å². The van der Waals surface area contributed by atoms with Crippen molar-refractivity contribution >= 4 is 27.5 Å². The number of fused-ring (bicyclic) bond motifs is 10. The minimum absolute atomic E-state index is 0. The summed E-state index contributed by atoms with van der Waals surface area (Å²) in [4.78, 5) is 25.8.